The standard InChI is InChI=1S/C7H14.Sm/c1-3-5-7-6-4-2;/h1-7H2;/q-2;. The molecular formula is C7H14Sm-2. The minimum atomic E-state index is 0. The van der Waals surface area contributed by atoms with Crippen LogP contribution in [0.4, 0.5) is 0 Å². The van der Waals surface area contributed by atoms with Crippen molar-refractivity contribution < 1.29 is 40.4 Å². The van der Waals surface area contributed by atoms with Gasteiger partial charge in [-0.15, -0.1) is 0 Å². The molecule has 0 fully saturated rings. The fourth-order valence-electron chi connectivity index (χ4n) is 0.530. The summed E-state index contributed by atoms with van der Waals surface area (Å²) in [5.41, 5.74) is 0. The van der Waals surface area contributed by atoms with Gasteiger partial charge in [0.2, 0.25) is 0 Å². The van der Waals surface area contributed by atoms with Gasteiger partial charge in [0.25, 0.3) is 0 Å². The second-order valence-electron chi connectivity index (χ2n) is 1.77. The second kappa shape index (κ2) is 11.2. The molecule has 0 radical (unpaired) electrons. The SMILES string of the molecule is [CH2-]CCCCC[CH2-].[Sm]. The molecule has 0 N–H and O–H groups in total. The Kier molecular flexibility index (Phi) is 16.8. The molecule has 0 aliphatic rings. The maximum Gasteiger partial charge on any atom is 0 e. The van der Waals surface area contributed by atoms with Crippen LogP contribution in [0.15, 0.2) is 0 Å². The van der Waals surface area contributed by atoms with Gasteiger partial charge in [-0.1, -0.05) is 19.3 Å². The van der Waals surface area contributed by atoms with Crippen LogP contribution in [0.3, 0.4) is 0 Å². The normalized spacial score (nSPS) is 8.25. The van der Waals surface area contributed by atoms with Crippen molar-refractivity contribution in [2.24, 2.45) is 0 Å². The van der Waals surface area contributed by atoms with Crippen LogP contribution < -0.4 is 0 Å². The zero-order valence-electron chi connectivity index (χ0n) is 5.36. The molecule has 0 spiro atoms. The Morgan fingerprint density at radius 1 is 0.750 bits per heavy atom. The van der Waals surface area contributed by atoms with Crippen LogP contribution in [0.2, 0.25) is 0 Å². The van der Waals surface area contributed by atoms with Gasteiger partial charge in [-0.3, -0.25) is 0 Å². The average molecular weight is 249 g/mol. The maximum absolute atomic E-state index is 3.74. The quantitative estimate of drug-likeness (QED) is 0.530. The summed E-state index contributed by atoms with van der Waals surface area (Å²) in [4.78, 5) is 0. The topological polar surface area (TPSA) is 0 Å². The summed E-state index contributed by atoms with van der Waals surface area (Å²) in [6.07, 6.45) is 6.03. The summed E-state index contributed by atoms with van der Waals surface area (Å²) in [5, 5.41) is 0. The van der Waals surface area contributed by atoms with Gasteiger partial charge in [-0.05, 0) is 0 Å². The average Bonchev–Trinajstić information content (AvgIpc) is 1.69. The first kappa shape index (κ1) is 12.1. The van der Waals surface area contributed by atoms with E-state index < -0.39 is 0 Å². The molecule has 0 aromatic heterocycles. The molecule has 0 unspecified atom stereocenters. The van der Waals surface area contributed by atoms with Gasteiger partial charge in [0.1, 0.15) is 0 Å². The first-order chi connectivity index (χ1) is 3.41. The zero-order chi connectivity index (χ0) is 5.54. The molecule has 50 valence electrons. The molecule has 0 saturated heterocycles. The molecule has 0 nitrogen and oxygen atoms in total. The van der Waals surface area contributed by atoms with Crippen LogP contribution in [-0.2, 0) is 0 Å². The van der Waals surface area contributed by atoms with Gasteiger partial charge in [-0.25, -0.2) is 0 Å². The first-order valence-electron chi connectivity index (χ1n) is 3.00. The van der Waals surface area contributed by atoms with Crippen LogP contribution in [0, 0.1) is 54.2 Å². The number of rotatable bonds is 4. The molecule has 0 aromatic carbocycles. The molecule has 0 aliphatic carbocycles. The van der Waals surface area contributed by atoms with Crippen molar-refractivity contribution in [3.63, 3.8) is 0 Å². The van der Waals surface area contributed by atoms with Crippen molar-refractivity contribution in [3.8, 4) is 0 Å². The monoisotopic (exact) mass is 250 g/mol. The van der Waals surface area contributed by atoms with Gasteiger partial charge in [0.05, 0.1) is 0 Å². The van der Waals surface area contributed by atoms with E-state index in [0.717, 1.165) is 12.8 Å². The minimum Gasteiger partial charge on any atom is -0.343 e. The van der Waals surface area contributed by atoms with Crippen molar-refractivity contribution in [2.75, 3.05) is 0 Å². The Labute approximate surface area is 85.5 Å². The predicted molar refractivity (Wildman–Crippen MR) is 33.8 cm³/mol. The predicted octanol–water partition coefficient (Wildman–Crippen LogP) is 2.61. The largest absolute Gasteiger partial charge is 0.343 e. The summed E-state index contributed by atoms with van der Waals surface area (Å²) < 4.78 is 0. The van der Waals surface area contributed by atoms with Crippen molar-refractivity contribution in [1.29, 1.82) is 0 Å². The van der Waals surface area contributed by atoms with Crippen molar-refractivity contribution in [1.82, 2.24) is 0 Å². The van der Waals surface area contributed by atoms with Gasteiger partial charge in [0, 0.05) is 40.4 Å². The molecule has 0 rings (SSSR count). The van der Waals surface area contributed by atoms with Crippen LogP contribution in [0.1, 0.15) is 32.1 Å². The summed E-state index contributed by atoms with van der Waals surface area (Å²) >= 11 is 0. The first-order valence-corrected chi connectivity index (χ1v) is 3.00. The molecule has 0 amide bonds. The van der Waals surface area contributed by atoms with E-state index in [1.807, 2.05) is 0 Å². The van der Waals surface area contributed by atoms with Gasteiger partial charge >= 0.3 is 0 Å². The van der Waals surface area contributed by atoms with Gasteiger partial charge < -0.3 is 13.8 Å². The summed E-state index contributed by atoms with van der Waals surface area (Å²) in [6, 6.07) is 0. The maximum atomic E-state index is 3.74. The van der Waals surface area contributed by atoms with Gasteiger partial charge in [-0.2, -0.15) is 12.8 Å². The van der Waals surface area contributed by atoms with Crippen LogP contribution in [0.5, 0.6) is 0 Å². The molecule has 1 heteroatoms. The summed E-state index contributed by atoms with van der Waals surface area (Å²) in [6.45, 7) is 7.47. The summed E-state index contributed by atoms with van der Waals surface area (Å²) in [7, 11) is 0. The van der Waals surface area contributed by atoms with Crippen LogP contribution in [0.25, 0.3) is 0 Å². The van der Waals surface area contributed by atoms with E-state index in [9.17, 15) is 0 Å². The third-order valence-corrected chi connectivity index (χ3v) is 1.000. The number of hydrogen-bond acceptors (Lipinski definition) is 0. The van der Waals surface area contributed by atoms with Crippen molar-refractivity contribution >= 4 is 0 Å². The Hall–Kier alpha value is 1.34. The zero-order valence-corrected chi connectivity index (χ0v) is 7.98. The molecule has 0 aliphatic heterocycles. The van der Waals surface area contributed by atoms with Crippen molar-refractivity contribution in [2.45, 2.75) is 32.1 Å². The Morgan fingerprint density at radius 3 is 1.38 bits per heavy atom. The molecule has 0 saturated carbocycles. The van der Waals surface area contributed by atoms with E-state index in [2.05, 4.69) is 13.8 Å². The molecule has 0 atom stereocenters. The molecule has 0 heterocycles. The minimum absolute atomic E-state index is 0. The smallest absolute Gasteiger partial charge is 0 e. The summed E-state index contributed by atoms with van der Waals surface area (Å²) in [5.74, 6) is 0. The van der Waals surface area contributed by atoms with E-state index in [-0.39, 0.29) is 40.4 Å². The molecule has 8 heavy (non-hydrogen) atoms. The third-order valence-electron chi connectivity index (χ3n) is 1.000. The van der Waals surface area contributed by atoms with E-state index in [1.165, 1.54) is 19.3 Å². The molecular weight excluding hydrogens is 234 g/mol. The van der Waals surface area contributed by atoms with E-state index in [4.69, 9.17) is 0 Å². The van der Waals surface area contributed by atoms with Gasteiger partial charge in [0.15, 0.2) is 0 Å². The van der Waals surface area contributed by atoms with Crippen LogP contribution >= 0.6 is 0 Å². The second-order valence-corrected chi connectivity index (χ2v) is 1.77. The third kappa shape index (κ3) is 10.3. The Bertz CT molecular complexity index is 23.6. The Morgan fingerprint density at radius 2 is 1.12 bits per heavy atom. The molecule has 0 bridgehead atoms. The number of unbranched alkanes of at least 4 members (excludes halogenated alkanes) is 4. The number of hydrogen-bond donors (Lipinski definition) is 0. The Balaban J connectivity index is 0. The fourth-order valence-corrected chi connectivity index (χ4v) is 0.530. The van der Waals surface area contributed by atoms with E-state index in [0.29, 0.717) is 0 Å². The van der Waals surface area contributed by atoms with E-state index in [1.54, 1.807) is 0 Å². The van der Waals surface area contributed by atoms with E-state index >= 15 is 0 Å². The molecule has 0 aromatic rings. The van der Waals surface area contributed by atoms with Crippen LogP contribution in [-0.4, -0.2) is 0 Å². The van der Waals surface area contributed by atoms with Crippen molar-refractivity contribution in [3.05, 3.63) is 13.8 Å². The fraction of sp³-hybridized carbons (Fsp3) is 0.714.